The van der Waals surface area contributed by atoms with Gasteiger partial charge in [0.15, 0.2) is 0 Å². The molecule has 2 amide bonds. The Balaban J connectivity index is 1.59. The third kappa shape index (κ3) is 6.11. The molecule has 9 heteroatoms. The molecule has 33 heavy (non-hydrogen) atoms. The first-order valence-electron chi connectivity index (χ1n) is 11.0. The second kappa shape index (κ2) is 10.8. The average Bonchev–Trinajstić information content (AvgIpc) is 2.81. The number of anilines is 1. The summed E-state index contributed by atoms with van der Waals surface area (Å²) in [4.78, 5) is 24.8. The van der Waals surface area contributed by atoms with Gasteiger partial charge in [-0.2, -0.15) is 4.31 Å². The van der Waals surface area contributed by atoms with Crippen LogP contribution in [0.15, 0.2) is 47.4 Å². The number of sulfonamides is 1. The van der Waals surface area contributed by atoms with Crippen LogP contribution in [0.3, 0.4) is 0 Å². The van der Waals surface area contributed by atoms with Crippen molar-refractivity contribution in [3.05, 3.63) is 53.6 Å². The largest absolute Gasteiger partial charge is 0.497 e. The minimum Gasteiger partial charge on any atom is -0.497 e. The fourth-order valence-corrected chi connectivity index (χ4v) is 5.67. The highest BCUT2D eigenvalue weighted by atomic mass is 32.2. The van der Waals surface area contributed by atoms with Gasteiger partial charge in [-0.15, -0.1) is 0 Å². The summed E-state index contributed by atoms with van der Waals surface area (Å²) in [5.41, 5.74) is 2.44. The molecule has 1 aliphatic heterocycles. The molecule has 0 saturated carbocycles. The molecule has 2 aromatic carbocycles. The van der Waals surface area contributed by atoms with Crippen LogP contribution in [0.2, 0.25) is 0 Å². The van der Waals surface area contributed by atoms with Gasteiger partial charge in [0.2, 0.25) is 10.0 Å². The predicted octanol–water partition coefficient (Wildman–Crippen LogP) is 3.00. The van der Waals surface area contributed by atoms with Gasteiger partial charge < -0.3 is 15.4 Å². The summed E-state index contributed by atoms with van der Waals surface area (Å²) < 4.78 is 33.0. The molecule has 178 valence electrons. The molecule has 0 radical (unpaired) electrons. The lowest BCUT2D eigenvalue weighted by Crippen LogP contribution is -2.45. The number of methoxy groups -OCH3 is 1. The van der Waals surface area contributed by atoms with Crippen LogP contribution in [0.1, 0.15) is 36.8 Å². The van der Waals surface area contributed by atoms with Gasteiger partial charge in [0.25, 0.3) is 0 Å². The lowest BCUT2D eigenvalue weighted by atomic mass is 10.0. The van der Waals surface area contributed by atoms with E-state index in [0.717, 1.165) is 24.0 Å². The van der Waals surface area contributed by atoms with Crippen molar-refractivity contribution in [2.45, 2.75) is 50.5 Å². The molecule has 8 nitrogen and oxygen atoms in total. The van der Waals surface area contributed by atoms with Crippen molar-refractivity contribution < 1.29 is 22.7 Å². The molecular weight excluding hydrogens is 442 g/mol. The fraction of sp³-hybridized carbons (Fsp3) is 0.417. The first kappa shape index (κ1) is 24.7. The number of nitrogens with zero attached hydrogens (tertiary/aromatic N) is 1. The Morgan fingerprint density at radius 2 is 1.79 bits per heavy atom. The molecule has 0 aliphatic carbocycles. The molecule has 1 aliphatic rings. The summed E-state index contributed by atoms with van der Waals surface area (Å²) in [5.74, 6) is -0.891. The Hall–Kier alpha value is -2.91. The van der Waals surface area contributed by atoms with Gasteiger partial charge in [-0.25, -0.2) is 8.42 Å². The molecule has 1 fully saturated rings. The fourth-order valence-electron chi connectivity index (χ4n) is 3.94. The van der Waals surface area contributed by atoms with E-state index in [1.54, 1.807) is 24.3 Å². The van der Waals surface area contributed by atoms with E-state index in [1.165, 1.54) is 11.4 Å². The Labute approximate surface area is 195 Å². The summed E-state index contributed by atoms with van der Waals surface area (Å²) in [6, 6.07) is 11.7. The van der Waals surface area contributed by atoms with E-state index in [1.807, 2.05) is 32.0 Å². The van der Waals surface area contributed by atoms with E-state index in [-0.39, 0.29) is 17.5 Å². The Kier molecular flexibility index (Phi) is 8.10. The third-order valence-electron chi connectivity index (χ3n) is 5.85. The average molecular weight is 474 g/mol. The Morgan fingerprint density at radius 1 is 1.06 bits per heavy atom. The highest BCUT2D eigenvalue weighted by Crippen LogP contribution is 2.28. The normalized spacial score (nSPS) is 16.8. The number of benzene rings is 2. The molecule has 1 saturated heterocycles. The summed E-state index contributed by atoms with van der Waals surface area (Å²) in [5, 5.41) is 5.26. The van der Waals surface area contributed by atoms with Crippen LogP contribution in [0.5, 0.6) is 5.75 Å². The van der Waals surface area contributed by atoms with Crippen LogP contribution in [-0.2, 0) is 19.6 Å². The van der Waals surface area contributed by atoms with Gasteiger partial charge in [0.1, 0.15) is 5.75 Å². The zero-order valence-corrected chi connectivity index (χ0v) is 20.1. The predicted molar refractivity (Wildman–Crippen MR) is 127 cm³/mol. The van der Waals surface area contributed by atoms with E-state index in [4.69, 9.17) is 4.74 Å². The second-order valence-electron chi connectivity index (χ2n) is 8.26. The topological polar surface area (TPSA) is 105 Å². The van der Waals surface area contributed by atoms with Crippen molar-refractivity contribution in [2.24, 2.45) is 0 Å². The molecule has 0 aromatic heterocycles. The zero-order valence-electron chi connectivity index (χ0n) is 19.3. The quantitative estimate of drug-likeness (QED) is 0.602. The Morgan fingerprint density at radius 3 is 2.48 bits per heavy atom. The van der Waals surface area contributed by atoms with Crippen LogP contribution in [0, 0.1) is 13.8 Å². The van der Waals surface area contributed by atoms with Gasteiger partial charge in [0, 0.05) is 24.8 Å². The van der Waals surface area contributed by atoms with E-state index >= 15 is 0 Å². The third-order valence-corrected chi connectivity index (χ3v) is 7.82. The number of rotatable bonds is 7. The molecule has 1 heterocycles. The molecular formula is C24H31N3O5S. The summed E-state index contributed by atoms with van der Waals surface area (Å²) in [6.45, 7) is 4.40. The summed E-state index contributed by atoms with van der Waals surface area (Å²) in [6.07, 6.45) is 2.84. The maximum Gasteiger partial charge on any atom is 0.313 e. The first-order valence-corrected chi connectivity index (χ1v) is 12.5. The maximum absolute atomic E-state index is 13.2. The SMILES string of the molecule is COc1ccc(S(=O)(=O)N2CCCCC2CCNC(=O)C(=O)Nc2cc(C)ccc2C)cc1. The Bertz CT molecular complexity index is 1100. The van der Waals surface area contributed by atoms with Crippen molar-refractivity contribution in [2.75, 3.05) is 25.5 Å². The summed E-state index contributed by atoms with van der Waals surface area (Å²) in [7, 11) is -2.14. The zero-order chi connectivity index (χ0) is 24.0. The number of aryl methyl sites for hydroxylation is 2. The van der Waals surface area contributed by atoms with E-state index in [9.17, 15) is 18.0 Å². The molecule has 0 spiro atoms. The minimum absolute atomic E-state index is 0.207. The van der Waals surface area contributed by atoms with Gasteiger partial charge in [-0.05, 0) is 74.6 Å². The monoisotopic (exact) mass is 473 g/mol. The lowest BCUT2D eigenvalue weighted by Gasteiger charge is -2.34. The number of carbonyl (C=O) groups is 2. The van der Waals surface area contributed by atoms with Crippen molar-refractivity contribution >= 4 is 27.5 Å². The van der Waals surface area contributed by atoms with Crippen LogP contribution < -0.4 is 15.4 Å². The molecule has 3 rings (SSSR count). The number of nitrogens with one attached hydrogen (secondary N) is 2. The van der Waals surface area contributed by atoms with Gasteiger partial charge >= 0.3 is 11.8 Å². The molecule has 2 aromatic rings. The highest BCUT2D eigenvalue weighted by Gasteiger charge is 2.33. The van der Waals surface area contributed by atoms with Gasteiger partial charge in [-0.3, -0.25) is 9.59 Å². The number of ether oxygens (including phenoxy) is 1. The van der Waals surface area contributed by atoms with Crippen molar-refractivity contribution in [3.8, 4) is 5.75 Å². The second-order valence-corrected chi connectivity index (χ2v) is 10.1. The van der Waals surface area contributed by atoms with Gasteiger partial charge in [-0.1, -0.05) is 18.6 Å². The molecule has 0 bridgehead atoms. The smallest absolute Gasteiger partial charge is 0.313 e. The van der Waals surface area contributed by atoms with E-state index in [0.29, 0.717) is 30.8 Å². The maximum atomic E-state index is 13.2. The number of hydrogen-bond donors (Lipinski definition) is 2. The molecule has 1 unspecified atom stereocenters. The number of amides is 2. The number of hydrogen-bond acceptors (Lipinski definition) is 5. The lowest BCUT2D eigenvalue weighted by molar-refractivity contribution is -0.136. The standard InChI is InChI=1S/C24H31N3O5S/c1-17-7-8-18(2)22(16-17)26-24(29)23(28)25-14-13-19-6-4-5-15-27(19)33(30,31)21-11-9-20(32-3)10-12-21/h7-12,16,19H,4-6,13-15H2,1-3H3,(H,25,28)(H,26,29). The van der Waals surface area contributed by atoms with Crippen molar-refractivity contribution in [3.63, 3.8) is 0 Å². The van der Waals surface area contributed by atoms with Crippen LogP contribution >= 0.6 is 0 Å². The van der Waals surface area contributed by atoms with Gasteiger partial charge in [0.05, 0.1) is 12.0 Å². The summed E-state index contributed by atoms with van der Waals surface area (Å²) >= 11 is 0. The van der Waals surface area contributed by atoms with Crippen LogP contribution in [0.4, 0.5) is 5.69 Å². The molecule has 1 atom stereocenters. The van der Waals surface area contributed by atoms with E-state index < -0.39 is 21.8 Å². The number of piperidine rings is 1. The highest BCUT2D eigenvalue weighted by molar-refractivity contribution is 7.89. The van der Waals surface area contributed by atoms with Crippen molar-refractivity contribution in [1.82, 2.24) is 9.62 Å². The van der Waals surface area contributed by atoms with Crippen LogP contribution in [0.25, 0.3) is 0 Å². The molecule has 2 N–H and O–H groups in total. The van der Waals surface area contributed by atoms with Crippen LogP contribution in [-0.4, -0.2) is 50.8 Å². The first-order chi connectivity index (χ1) is 15.7. The van der Waals surface area contributed by atoms with E-state index in [2.05, 4.69) is 10.6 Å². The van der Waals surface area contributed by atoms with Crippen molar-refractivity contribution in [1.29, 1.82) is 0 Å². The minimum atomic E-state index is -3.67. The number of carbonyl (C=O) groups excluding carboxylic acids is 2.